The molecule has 0 aromatic carbocycles. The third kappa shape index (κ3) is 2.96. The lowest BCUT2D eigenvalue weighted by atomic mass is 9.73. The van der Waals surface area contributed by atoms with Crippen molar-refractivity contribution in [1.82, 2.24) is 25.0 Å². The number of nitrogens with zero attached hydrogens (tertiary/aromatic N) is 4. The van der Waals surface area contributed by atoms with Crippen molar-refractivity contribution in [2.75, 3.05) is 26.2 Å². The highest BCUT2D eigenvalue weighted by Gasteiger charge is 2.44. The molecule has 1 spiro atoms. The number of carbonyl (C=O) groups excluding carboxylic acids is 2. The van der Waals surface area contributed by atoms with Crippen molar-refractivity contribution < 1.29 is 9.59 Å². The van der Waals surface area contributed by atoms with E-state index < -0.39 is 0 Å². The number of aromatic amines is 1. The Labute approximate surface area is 135 Å². The summed E-state index contributed by atoms with van der Waals surface area (Å²) in [5.74, 6) is 1.24. The van der Waals surface area contributed by atoms with Crippen LogP contribution < -0.4 is 0 Å². The molecule has 1 saturated carbocycles. The molecule has 1 aromatic rings. The maximum Gasteiger partial charge on any atom is 0.291 e. The highest BCUT2D eigenvalue weighted by Crippen LogP contribution is 2.40. The molecular weight excluding hydrogens is 294 g/mol. The minimum Gasteiger partial charge on any atom is -0.342 e. The maximum absolute atomic E-state index is 12.5. The standard InChI is InChI=1S/C16H23N5O2/c22-13-4-6-16(10-21(13)8-12-2-3-12)5-1-7-20(9-16)15(23)14-17-11-18-19-14/h11-12H,1-10H2,(H,17,18,19). The average Bonchev–Trinajstić information content (AvgIpc) is 3.20. The molecule has 0 bridgehead atoms. The number of rotatable bonds is 3. The first-order chi connectivity index (χ1) is 11.2. The third-order valence-corrected chi connectivity index (χ3v) is 5.49. The van der Waals surface area contributed by atoms with Gasteiger partial charge < -0.3 is 9.80 Å². The van der Waals surface area contributed by atoms with E-state index in [0.717, 1.165) is 45.4 Å². The highest BCUT2D eigenvalue weighted by molar-refractivity contribution is 5.90. The van der Waals surface area contributed by atoms with Gasteiger partial charge in [-0.05, 0) is 38.0 Å². The fraction of sp³-hybridized carbons (Fsp3) is 0.750. The summed E-state index contributed by atoms with van der Waals surface area (Å²) < 4.78 is 0. The SMILES string of the molecule is O=C1CCC2(CCCN(C(=O)c3ncn[nH]3)C2)CN1CC1CC1. The van der Waals surface area contributed by atoms with Crippen molar-refractivity contribution in [3.8, 4) is 0 Å². The van der Waals surface area contributed by atoms with E-state index >= 15 is 0 Å². The van der Waals surface area contributed by atoms with Gasteiger partial charge in [-0.3, -0.25) is 14.7 Å². The quantitative estimate of drug-likeness (QED) is 0.903. The molecular formula is C16H23N5O2. The zero-order valence-electron chi connectivity index (χ0n) is 13.3. The summed E-state index contributed by atoms with van der Waals surface area (Å²) in [5.41, 5.74) is 0.0662. The van der Waals surface area contributed by atoms with Crippen molar-refractivity contribution in [3.05, 3.63) is 12.2 Å². The monoisotopic (exact) mass is 317 g/mol. The minimum atomic E-state index is -0.0767. The molecule has 2 amide bonds. The van der Waals surface area contributed by atoms with E-state index in [9.17, 15) is 9.59 Å². The Bertz CT molecular complexity index is 598. The summed E-state index contributed by atoms with van der Waals surface area (Å²) >= 11 is 0. The van der Waals surface area contributed by atoms with Crippen LogP contribution in [0.15, 0.2) is 6.33 Å². The fourth-order valence-electron chi connectivity index (χ4n) is 4.05. The molecule has 1 aromatic heterocycles. The predicted molar refractivity (Wildman–Crippen MR) is 82.5 cm³/mol. The van der Waals surface area contributed by atoms with Gasteiger partial charge in [-0.2, -0.15) is 5.10 Å². The summed E-state index contributed by atoms with van der Waals surface area (Å²) in [5, 5.41) is 6.43. The number of amides is 2. The Balaban J connectivity index is 1.46. The van der Waals surface area contributed by atoms with Gasteiger partial charge in [0.1, 0.15) is 6.33 Å². The lowest BCUT2D eigenvalue weighted by Crippen LogP contribution is -2.55. The number of H-pyrrole nitrogens is 1. The van der Waals surface area contributed by atoms with Gasteiger partial charge in [-0.15, -0.1) is 0 Å². The van der Waals surface area contributed by atoms with Crippen LogP contribution in [0.4, 0.5) is 0 Å². The lowest BCUT2D eigenvalue weighted by Gasteiger charge is -2.48. The second-order valence-corrected chi connectivity index (χ2v) is 7.38. The van der Waals surface area contributed by atoms with Crippen molar-refractivity contribution in [2.45, 2.75) is 38.5 Å². The van der Waals surface area contributed by atoms with Crippen LogP contribution in [-0.2, 0) is 4.79 Å². The average molecular weight is 317 g/mol. The lowest BCUT2D eigenvalue weighted by molar-refractivity contribution is -0.139. The number of nitrogens with one attached hydrogen (secondary N) is 1. The van der Waals surface area contributed by atoms with Gasteiger partial charge in [0.25, 0.3) is 5.91 Å². The minimum absolute atomic E-state index is 0.0662. The van der Waals surface area contributed by atoms with Crippen molar-refractivity contribution in [2.24, 2.45) is 11.3 Å². The summed E-state index contributed by atoms with van der Waals surface area (Å²) in [4.78, 5) is 32.7. The summed E-state index contributed by atoms with van der Waals surface area (Å²) in [7, 11) is 0. The molecule has 2 saturated heterocycles. The first kappa shape index (κ1) is 14.7. The van der Waals surface area contributed by atoms with Crippen LogP contribution in [0.2, 0.25) is 0 Å². The van der Waals surface area contributed by atoms with Gasteiger partial charge in [-0.25, -0.2) is 4.98 Å². The first-order valence-electron chi connectivity index (χ1n) is 8.58. The molecule has 1 atom stereocenters. The number of aromatic nitrogens is 3. The largest absolute Gasteiger partial charge is 0.342 e. The van der Waals surface area contributed by atoms with Gasteiger partial charge in [0, 0.05) is 38.0 Å². The van der Waals surface area contributed by atoms with Crippen molar-refractivity contribution in [3.63, 3.8) is 0 Å². The summed E-state index contributed by atoms with van der Waals surface area (Å²) in [6.45, 7) is 3.21. The van der Waals surface area contributed by atoms with Gasteiger partial charge in [0.2, 0.25) is 11.7 Å². The number of piperidine rings is 2. The van der Waals surface area contributed by atoms with Crippen LogP contribution in [0.3, 0.4) is 0 Å². The molecule has 7 nitrogen and oxygen atoms in total. The zero-order valence-corrected chi connectivity index (χ0v) is 13.3. The maximum atomic E-state index is 12.5. The molecule has 3 fully saturated rings. The normalized spacial score (nSPS) is 28.4. The number of likely N-dealkylation sites (tertiary alicyclic amines) is 2. The van der Waals surface area contributed by atoms with Gasteiger partial charge in [-0.1, -0.05) is 0 Å². The molecule has 0 radical (unpaired) electrons. The smallest absolute Gasteiger partial charge is 0.291 e. The van der Waals surface area contributed by atoms with Crippen LogP contribution in [0.1, 0.15) is 49.1 Å². The molecule has 3 aliphatic rings. The van der Waals surface area contributed by atoms with E-state index in [-0.39, 0.29) is 11.3 Å². The Morgan fingerprint density at radius 1 is 1.35 bits per heavy atom. The number of carbonyl (C=O) groups is 2. The second-order valence-electron chi connectivity index (χ2n) is 7.38. The molecule has 1 unspecified atom stereocenters. The van der Waals surface area contributed by atoms with E-state index in [1.54, 1.807) is 0 Å². The van der Waals surface area contributed by atoms with Gasteiger partial charge >= 0.3 is 0 Å². The Hall–Kier alpha value is -1.92. The highest BCUT2D eigenvalue weighted by atomic mass is 16.2. The molecule has 1 aliphatic carbocycles. The molecule has 4 rings (SSSR count). The van der Waals surface area contributed by atoms with Crippen LogP contribution in [0.25, 0.3) is 0 Å². The van der Waals surface area contributed by atoms with Crippen LogP contribution in [0.5, 0.6) is 0 Å². The second kappa shape index (κ2) is 5.62. The topological polar surface area (TPSA) is 82.2 Å². The third-order valence-electron chi connectivity index (χ3n) is 5.49. The van der Waals surface area contributed by atoms with Crippen LogP contribution in [0, 0.1) is 11.3 Å². The molecule has 23 heavy (non-hydrogen) atoms. The Morgan fingerprint density at radius 3 is 2.96 bits per heavy atom. The van der Waals surface area contributed by atoms with Crippen molar-refractivity contribution in [1.29, 1.82) is 0 Å². The Kier molecular flexibility index (Phi) is 3.58. The van der Waals surface area contributed by atoms with E-state index in [0.29, 0.717) is 24.1 Å². The van der Waals surface area contributed by atoms with E-state index in [1.165, 1.54) is 19.2 Å². The van der Waals surface area contributed by atoms with Crippen molar-refractivity contribution >= 4 is 11.8 Å². The van der Waals surface area contributed by atoms with E-state index in [4.69, 9.17) is 0 Å². The van der Waals surface area contributed by atoms with Crippen LogP contribution in [-0.4, -0.2) is 63.0 Å². The van der Waals surface area contributed by atoms with E-state index in [2.05, 4.69) is 20.1 Å². The van der Waals surface area contributed by atoms with Gasteiger partial charge in [0.05, 0.1) is 0 Å². The molecule has 3 heterocycles. The summed E-state index contributed by atoms with van der Waals surface area (Å²) in [6, 6.07) is 0. The van der Waals surface area contributed by atoms with Gasteiger partial charge in [0.15, 0.2) is 0 Å². The zero-order chi connectivity index (χ0) is 15.9. The van der Waals surface area contributed by atoms with E-state index in [1.807, 2.05) is 4.90 Å². The molecule has 2 aliphatic heterocycles. The molecule has 1 N–H and O–H groups in total. The predicted octanol–water partition coefficient (Wildman–Crippen LogP) is 1.06. The number of hydrogen-bond acceptors (Lipinski definition) is 4. The van der Waals surface area contributed by atoms with Crippen LogP contribution >= 0.6 is 0 Å². The number of hydrogen-bond donors (Lipinski definition) is 1. The molecule has 124 valence electrons. The fourth-order valence-corrected chi connectivity index (χ4v) is 4.05. The summed E-state index contributed by atoms with van der Waals surface area (Å²) in [6.07, 6.45) is 7.49. The Morgan fingerprint density at radius 2 is 2.22 bits per heavy atom. The molecule has 7 heteroatoms. The first-order valence-corrected chi connectivity index (χ1v) is 8.58.